The van der Waals surface area contributed by atoms with Crippen molar-refractivity contribution in [3.05, 3.63) is 0 Å². The highest BCUT2D eigenvalue weighted by Gasteiger charge is 2.19. The summed E-state index contributed by atoms with van der Waals surface area (Å²) in [7, 11) is 0. The molecule has 51 heavy (non-hydrogen) atoms. The predicted molar refractivity (Wildman–Crippen MR) is 216 cm³/mol. The maximum absolute atomic E-state index is 12.8. The van der Waals surface area contributed by atoms with Crippen LogP contribution in [0, 0.1) is 0 Å². The summed E-state index contributed by atoms with van der Waals surface area (Å²) in [6.07, 6.45) is 41.5. The van der Waals surface area contributed by atoms with Gasteiger partial charge in [-0.05, 0) is 57.9 Å². The highest BCUT2D eigenvalue weighted by atomic mass is 16.5. The Morgan fingerprint density at radius 2 is 0.843 bits per heavy atom. The van der Waals surface area contributed by atoms with Crippen LogP contribution in [-0.2, 0) is 19.1 Å². The third-order valence-corrected chi connectivity index (χ3v) is 10.4. The maximum atomic E-state index is 12.8. The second-order valence-corrected chi connectivity index (χ2v) is 15.5. The molecule has 0 heterocycles. The zero-order valence-electron chi connectivity index (χ0n) is 34.0. The minimum Gasteiger partial charge on any atom is -0.480 e. The second kappa shape index (κ2) is 39.6. The van der Waals surface area contributed by atoms with Crippen LogP contribution in [0.1, 0.15) is 245 Å². The average Bonchev–Trinajstić information content (AvgIpc) is 3.11. The number of unbranched alkanes of at least 4 members (excludes halogenated alkanes) is 27. The topological polar surface area (TPSA) is 119 Å². The Balaban J connectivity index is 4.13. The number of hydrogen-bond acceptors (Lipinski definition) is 5. The van der Waals surface area contributed by atoms with E-state index in [2.05, 4.69) is 19.2 Å². The summed E-state index contributed by atoms with van der Waals surface area (Å²) >= 11 is 0. The van der Waals surface area contributed by atoms with E-state index >= 15 is 0 Å². The Morgan fingerprint density at radius 3 is 1.22 bits per heavy atom. The van der Waals surface area contributed by atoms with E-state index in [1.807, 2.05) is 0 Å². The fourth-order valence-electron chi connectivity index (χ4n) is 7.04. The lowest BCUT2D eigenvalue weighted by Gasteiger charge is -2.18. The van der Waals surface area contributed by atoms with Crippen molar-refractivity contribution in [1.29, 1.82) is 0 Å². The summed E-state index contributed by atoms with van der Waals surface area (Å²) in [6, 6.07) is -0.851. The number of carbonyl (C=O) groups excluding carboxylic acids is 2. The predicted octanol–water partition coefficient (Wildman–Crippen LogP) is 12.5. The Morgan fingerprint density at radius 1 is 0.490 bits per heavy atom. The van der Waals surface area contributed by atoms with Crippen LogP contribution in [0.25, 0.3) is 0 Å². The Bertz CT molecular complexity index is 777. The zero-order valence-corrected chi connectivity index (χ0v) is 34.0. The van der Waals surface area contributed by atoms with Crippen LogP contribution in [0.2, 0.25) is 0 Å². The van der Waals surface area contributed by atoms with E-state index in [4.69, 9.17) is 10.5 Å². The summed E-state index contributed by atoms with van der Waals surface area (Å²) in [4.78, 5) is 36.3. The molecule has 0 aromatic rings. The van der Waals surface area contributed by atoms with Gasteiger partial charge in [0, 0.05) is 12.8 Å². The summed E-state index contributed by atoms with van der Waals surface area (Å²) in [6.45, 7) is 4.95. The highest BCUT2D eigenvalue weighted by Crippen LogP contribution is 2.19. The second-order valence-electron chi connectivity index (χ2n) is 15.5. The van der Waals surface area contributed by atoms with Gasteiger partial charge in [-0.3, -0.25) is 9.59 Å². The number of rotatable bonds is 41. The van der Waals surface area contributed by atoms with Gasteiger partial charge in [0.1, 0.15) is 12.1 Å². The van der Waals surface area contributed by atoms with Gasteiger partial charge in [0.15, 0.2) is 0 Å². The molecule has 0 aliphatic carbocycles. The number of ether oxygens (including phenoxy) is 1. The maximum Gasteiger partial charge on any atom is 0.326 e. The van der Waals surface area contributed by atoms with Crippen molar-refractivity contribution in [2.45, 2.75) is 257 Å². The average molecular weight is 723 g/mol. The third-order valence-electron chi connectivity index (χ3n) is 10.4. The molecule has 4 N–H and O–H groups in total. The summed E-state index contributed by atoms with van der Waals surface area (Å²) in [5.41, 5.74) is 5.48. The normalized spacial score (nSPS) is 12.5. The van der Waals surface area contributed by atoms with Crippen LogP contribution in [0.3, 0.4) is 0 Å². The fourth-order valence-corrected chi connectivity index (χ4v) is 7.04. The Kier molecular flexibility index (Phi) is 38.3. The van der Waals surface area contributed by atoms with Gasteiger partial charge < -0.3 is 20.9 Å². The number of aliphatic carboxylic acids is 1. The number of nitrogens with one attached hydrogen (secondary N) is 1. The Hall–Kier alpha value is -1.63. The van der Waals surface area contributed by atoms with E-state index in [0.29, 0.717) is 32.2 Å². The van der Waals surface area contributed by atoms with Crippen molar-refractivity contribution < 1.29 is 24.2 Å². The summed E-state index contributed by atoms with van der Waals surface area (Å²) in [5, 5.41) is 11.9. The molecule has 1 amide bonds. The first-order chi connectivity index (χ1) is 24.9. The lowest BCUT2D eigenvalue weighted by atomic mass is 10.0. The molecule has 0 aliphatic rings. The molecule has 7 nitrogen and oxygen atoms in total. The van der Waals surface area contributed by atoms with Gasteiger partial charge in [0.25, 0.3) is 0 Å². The lowest BCUT2D eigenvalue weighted by Crippen LogP contribution is -2.40. The fraction of sp³-hybridized carbons (Fsp3) is 0.932. The third kappa shape index (κ3) is 36.5. The number of carboxylic acids is 1. The van der Waals surface area contributed by atoms with Crippen molar-refractivity contribution in [3.8, 4) is 0 Å². The van der Waals surface area contributed by atoms with Gasteiger partial charge in [0.2, 0.25) is 5.91 Å². The smallest absolute Gasteiger partial charge is 0.326 e. The van der Waals surface area contributed by atoms with Crippen LogP contribution >= 0.6 is 0 Å². The van der Waals surface area contributed by atoms with E-state index in [1.165, 1.54) is 141 Å². The van der Waals surface area contributed by atoms with E-state index in [-0.39, 0.29) is 18.0 Å². The molecule has 0 radical (unpaired) electrons. The van der Waals surface area contributed by atoms with Gasteiger partial charge in [-0.1, -0.05) is 181 Å². The molecular weight excluding hydrogens is 636 g/mol. The molecule has 0 aromatic carbocycles. The first-order valence-corrected chi connectivity index (χ1v) is 22.4. The van der Waals surface area contributed by atoms with Crippen molar-refractivity contribution in [2.75, 3.05) is 6.54 Å². The molecule has 0 saturated carbocycles. The van der Waals surface area contributed by atoms with Crippen molar-refractivity contribution in [2.24, 2.45) is 5.73 Å². The molecule has 0 fully saturated rings. The van der Waals surface area contributed by atoms with E-state index in [0.717, 1.165) is 64.2 Å². The number of nitrogens with two attached hydrogens (primary N) is 1. The monoisotopic (exact) mass is 723 g/mol. The molecule has 0 saturated heterocycles. The quantitative estimate of drug-likeness (QED) is 0.0427. The zero-order chi connectivity index (χ0) is 37.5. The number of amides is 1. The van der Waals surface area contributed by atoms with E-state index < -0.39 is 12.0 Å². The standard InChI is InChI=1S/C44H86N2O5/c1-3-5-7-9-11-13-14-15-16-17-18-19-20-21-23-28-32-38-43(48)51-40(34-29-25-22-12-10-8-6-4-2)35-30-26-24-27-31-37-42(47)46-41(44(49)50)36-33-39-45/h40-41H,3-39,45H2,1-2H3,(H,46,47)(H,49,50). The molecule has 0 bridgehead atoms. The van der Waals surface area contributed by atoms with Gasteiger partial charge in [-0.2, -0.15) is 0 Å². The van der Waals surface area contributed by atoms with Gasteiger partial charge in [-0.15, -0.1) is 0 Å². The van der Waals surface area contributed by atoms with Crippen LogP contribution in [-0.4, -0.2) is 41.6 Å². The number of hydrogen-bond donors (Lipinski definition) is 3. The van der Waals surface area contributed by atoms with Crippen LogP contribution in [0.15, 0.2) is 0 Å². The molecule has 0 aromatic heterocycles. The minimum absolute atomic E-state index is 0.0161. The number of carboxylic acid groups (broad SMARTS) is 1. The molecule has 0 rings (SSSR count). The van der Waals surface area contributed by atoms with Crippen molar-refractivity contribution >= 4 is 17.8 Å². The highest BCUT2D eigenvalue weighted by molar-refractivity contribution is 5.83. The molecule has 2 unspecified atom stereocenters. The summed E-state index contributed by atoms with van der Waals surface area (Å²) in [5.74, 6) is -1.21. The van der Waals surface area contributed by atoms with Gasteiger partial charge in [0.05, 0.1) is 0 Å². The summed E-state index contributed by atoms with van der Waals surface area (Å²) < 4.78 is 6.03. The molecule has 0 spiro atoms. The van der Waals surface area contributed by atoms with Crippen molar-refractivity contribution in [3.63, 3.8) is 0 Å². The van der Waals surface area contributed by atoms with Crippen LogP contribution in [0.4, 0.5) is 0 Å². The Labute approximate surface area is 316 Å². The molecule has 0 aliphatic heterocycles. The SMILES string of the molecule is CCCCCCCCCCCCCCCCCCCC(=O)OC(CCCCCCCCCC)CCCCCCCC(=O)NC(CCCN)C(=O)O. The van der Waals surface area contributed by atoms with Crippen LogP contribution < -0.4 is 11.1 Å². The number of carbonyl (C=O) groups is 3. The van der Waals surface area contributed by atoms with Gasteiger partial charge in [-0.25, -0.2) is 4.79 Å². The van der Waals surface area contributed by atoms with E-state index in [9.17, 15) is 19.5 Å². The molecule has 2 atom stereocenters. The molecule has 302 valence electrons. The van der Waals surface area contributed by atoms with Gasteiger partial charge >= 0.3 is 11.9 Å². The first-order valence-electron chi connectivity index (χ1n) is 22.4. The van der Waals surface area contributed by atoms with E-state index in [1.54, 1.807) is 0 Å². The number of esters is 1. The minimum atomic E-state index is -1.00. The van der Waals surface area contributed by atoms with Crippen molar-refractivity contribution in [1.82, 2.24) is 5.32 Å². The molecule has 7 heteroatoms. The van der Waals surface area contributed by atoms with Crippen LogP contribution in [0.5, 0.6) is 0 Å². The first kappa shape index (κ1) is 49.4. The lowest BCUT2D eigenvalue weighted by molar-refractivity contribution is -0.150. The largest absolute Gasteiger partial charge is 0.480 e. The molecular formula is C44H86N2O5.